The Bertz CT molecular complexity index is 564. The number of carbonyl (C=O) groups is 1. The molecule has 0 aliphatic carbocycles. The molecule has 15 heavy (non-hydrogen) atoms. The van der Waals surface area contributed by atoms with E-state index in [0.29, 0.717) is 17.2 Å². The van der Waals surface area contributed by atoms with Gasteiger partial charge in [-0.3, -0.25) is 20.0 Å². The summed E-state index contributed by atoms with van der Waals surface area (Å²) in [5, 5.41) is 17.2. The highest BCUT2D eigenvalue weighted by Crippen LogP contribution is 2.29. The number of fused-ring (bicyclic) bond motifs is 1. The molecule has 0 aliphatic rings. The smallest absolute Gasteiger partial charge is 0.288 e. The third kappa shape index (κ3) is 1.44. The number of benzene rings is 1. The van der Waals surface area contributed by atoms with Crippen molar-refractivity contribution in [3.05, 3.63) is 33.0 Å². The van der Waals surface area contributed by atoms with Crippen molar-refractivity contribution in [2.45, 2.75) is 0 Å². The Morgan fingerprint density at radius 3 is 2.87 bits per heavy atom. The molecule has 1 heterocycles. The SMILES string of the molecule is O=Cc1[nH]nc2cc(Cl)c([N+](=O)[O-])cc12. The number of nitro benzene ring substituents is 1. The highest BCUT2D eigenvalue weighted by atomic mass is 35.5. The number of halogens is 1. The van der Waals surface area contributed by atoms with Crippen LogP contribution >= 0.6 is 11.6 Å². The zero-order chi connectivity index (χ0) is 11.0. The standard InChI is InChI=1S/C8H4ClN3O3/c9-5-2-6-4(1-8(5)12(14)15)7(3-13)11-10-6/h1-3H,(H,10,11). The summed E-state index contributed by atoms with van der Waals surface area (Å²) < 4.78 is 0. The molecule has 2 aromatic rings. The summed E-state index contributed by atoms with van der Waals surface area (Å²) in [4.78, 5) is 20.6. The number of H-pyrrole nitrogens is 1. The molecule has 0 amide bonds. The third-order valence-electron chi connectivity index (χ3n) is 1.97. The quantitative estimate of drug-likeness (QED) is 0.480. The van der Waals surface area contributed by atoms with Crippen LogP contribution in [0.5, 0.6) is 0 Å². The fourth-order valence-corrected chi connectivity index (χ4v) is 1.50. The number of nitrogens with one attached hydrogen (secondary N) is 1. The van der Waals surface area contributed by atoms with Crippen LogP contribution in [0, 0.1) is 10.1 Å². The van der Waals surface area contributed by atoms with Gasteiger partial charge in [-0.05, 0) is 6.07 Å². The van der Waals surface area contributed by atoms with E-state index in [4.69, 9.17) is 11.6 Å². The maximum atomic E-state index is 10.6. The second kappa shape index (κ2) is 3.32. The second-order valence-electron chi connectivity index (χ2n) is 2.83. The summed E-state index contributed by atoms with van der Waals surface area (Å²) in [6.07, 6.45) is 0.549. The minimum Gasteiger partial charge on any atom is -0.296 e. The van der Waals surface area contributed by atoms with Gasteiger partial charge in [0.1, 0.15) is 10.7 Å². The summed E-state index contributed by atoms with van der Waals surface area (Å²) in [6.45, 7) is 0. The fourth-order valence-electron chi connectivity index (χ4n) is 1.27. The molecule has 0 radical (unpaired) electrons. The number of aldehydes is 1. The summed E-state index contributed by atoms with van der Waals surface area (Å²) in [7, 11) is 0. The van der Waals surface area contributed by atoms with Gasteiger partial charge in [0.05, 0.1) is 10.4 Å². The fraction of sp³-hybridized carbons (Fsp3) is 0. The monoisotopic (exact) mass is 225 g/mol. The number of nitrogens with zero attached hydrogens (tertiary/aromatic N) is 2. The maximum Gasteiger partial charge on any atom is 0.288 e. The topological polar surface area (TPSA) is 88.9 Å². The molecule has 0 fully saturated rings. The number of nitro groups is 1. The zero-order valence-electron chi connectivity index (χ0n) is 7.23. The van der Waals surface area contributed by atoms with Crippen molar-refractivity contribution >= 4 is 34.5 Å². The van der Waals surface area contributed by atoms with Crippen LogP contribution in [0.4, 0.5) is 5.69 Å². The van der Waals surface area contributed by atoms with Crippen molar-refractivity contribution in [2.75, 3.05) is 0 Å². The van der Waals surface area contributed by atoms with Gasteiger partial charge in [0.25, 0.3) is 5.69 Å². The van der Waals surface area contributed by atoms with E-state index in [2.05, 4.69) is 10.2 Å². The number of hydrogen-bond donors (Lipinski definition) is 1. The van der Waals surface area contributed by atoms with Gasteiger partial charge in [-0.15, -0.1) is 0 Å². The molecule has 2 rings (SSSR count). The van der Waals surface area contributed by atoms with Crippen LogP contribution in [0.1, 0.15) is 10.5 Å². The van der Waals surface area contributed by atoms with Gasteiger partial charge in [-0.25, -0.2) is 0 Å². The van der Waals surface area contributed by atoms with Crippen LogP contribution in [0.3, 0.4) is 0 Å². The number of rotatable bonds is 2. The molecular weight excluding hydrogens is 222 g/mol. The Kier molecular flexibility index (Phi) is 2.12. The normalized spacial score (nSPS) is 10.5. The first-order chi connectivity index (χ1) is 7.13. The van der Waals surface area contributed by atoms with Crippen molar-refractivity contribution in [1.82, 2.24) is 10.2 Å². The average molecular weight is 226 g/mol. The van der Waals surface area contributed by atoms with Crippen molar-refractivity contribution in [3.8, 4) is 0 Å². The summed E-state index contributed by atoms with van der Waals surface area (Å²) >= 11 is 5.67. The van der Waals surface area contributed by atoms with Crippen molar-refractivity contribution in [3.63, 3.8) is 0 Å². The lowest BCUT2D eigenvalue weighted by Crippen LogP contribution is -1.89. The van der Waals surface area contributed by atoms with Crippen LogP contribution in [-0.4, -0.2) is 21.4 Å². The molecule has 1 N–H and O–H groups in total. The predicted octanol–water partition coefficient (Wildman–Crippen LogP) is 1.94. The van der Waals surface area contributed by atoms with E-state index in [9.17, 15) is 14.9 Å². The Balaban J connectivity index is 2.80. The minimum atomic E-state index is -0.608. The Morgan fingerprint density at radius 1 is 1.53 bits per heavy atom. The van der Waals surface area contributed by atoms with E-state index in [1.54, 1.807) is 0 Å². The first kappa shape index (κ1) is 9.60. The van der Waals surface area contributed by atoms with Gasteiger partial charge in [0.15, 0.2) is 6.29 Å². The van der Waals surface area contributed by atoms with Gasteiger partial charge in [-0.1, -0.05) is 11.6 Å². The average Bonchev–Trinajstić information content (AvgIpc) is 2.58. The lowest BCUT2D eigenvalue weighted by molar-refractivity contribution is -0.384. The van der Waals surface area contributed by atoms with Crippen LogP contribution in [-0.2, 0) is 0 Å². The summed E-state index contributed by atoms with van der Waals surface area (Å²) in [5.41, 5.74) is 0.381. The predicted molar refractivity (Wildman–Crippen MR) is 53.1 cm³/mol. The van der Waals surface area contributed by atoms with Gasteiger partial charge in [0, 0.05) is 11.5 Å². The summed E-state index contributed by atoms with van der Waals surface area (Å²) in [5.74, 6) is 0. The van der Waals surface area contributed by atoms with E-state index in [-0.39, 0.29) is 16.4 Å². The number of carbonyl (C=O) groups excluding carboxylic acids is 1. The molecule has 0 bridgehead atoms. The molecule has 1 aromatic heterocycles. The number of aromatic amines is 1. The van der Waals surface area contributed by atoms with Crippen molar-refractivity contribution in [2.24, 2.45) is 0 Å². The zero-order valence-corrected chi connectivity index (χ0v) is 7.99. The van der Waals surface area contributed by atoms with Gasteiger partial charge in [0.2, 0.25) is 0 Å². The van der Waals surface area contributed by atoms with Gasteiger partial charge in [-0.2, -0.15) is 5.10 Å². The lowest BCUT2D eigenvalue weighted by atomic mass is 10.2. The molecule has 0 aliphatic heterocycles. The molecule has 0 unspecified atom stereocenters. The summed E-state index contributed by atoms with van der Waals surface area (Å²) in [6, 6.07) is 2.57. The Morgan fingerprint density at radius 2 is 2.27 bits per heavy atom. The molecule has 7 heteroatoms. The van der Waals surface area contributed by atoms with Gasteiger partial charge >= 0.3 is 0 Å². The van der Waals surface area contributed by atoms with Crippen molar-refractivity contribution < 1.29 is 9.72 Å². The molecule has 0 saturated heterocycles. The minimum absolute atomic E-state index is 0.00329. The molecule has 6 nitrogen and oxygen atoms in total. The molecular formula is C8H4ClN3O3. The number of hydrogen-bond acceptors (Lipinski definition) is 4. The lowest BCUT2D eigenvalue weighted by Gasteiger charge is -1.94. The molecule has 1 aromatic carbocycles. The van der Waals surface area contributed by atoms with E-state index in [1.807, 2.05) is 0 Å². The molecule has 76 valence electrons. The highest BCUT2D eigenvalue weighted by Gasteiger charge is 2.16. The maximum absolute atomic E-state index is 10.6. The highest BCUT2D eigenvalue weighted by molar-refractivity contribution is 6.33. The largest absolute Gasteiger partial charge is 0.296 e. The van der Waals surface area contributed by atoms with E-state index in [1.165, 1.54) is 12.1 Å². The first-order valence-corrected chi connectivity index (χ1v) is 4.28. The third-order valence-corrected chi connectivity index (χ3v) is 2.27. The Labute approximate surface area is 88.0 Å². The van der Waals surface area contributed by atoms with Crippen LogP contribution in [0.25, 0.3) is 10.9 Å². The number of aromatic nitrogens is 2. The van der Waals surface area contributed by atoms with Crippen LogP contribution < -0.4 is 0 Å². The van der Waals surface area contributed by atoms with E-state index < -0.39 is 4.92 Å². The van der Waals surface area contributed by atoms with E-state index in [0.717, 1.165) is 0 Å². The van der Waals surface area contributed by atoms with Crippen LogP contribution in [0.15, 0.2) is 12.1 Å². The molecule has 0 saturated carbocycles. The van der Waals surface area contributed by atoms with Crippen molar-refractivity contribution in [1.29, 1.82) is 0 Å². The van der Waals surface area contributed by atoms with Gasteiger partial charge < -0.3 is 0 Å². The van der Waals surface area contributed by atoms with E-state index >= 15 is 0 Å². The Hall–Kier alpha value is -1.95. The molecule has 0 atom stereocenters. The first-order valence-electron chi connectivity index (χ1n) is 3.90. The van der Waals surface area contributed by atoms with Crippen LogP contribution in [0.2, 0.25) is 5.02 Å². The second-order valence-corrected chi connectivity index (χ2v) is 3.24. The molecule has 0 spiro atoms.